The van der Waals surface area contributed by atoms with Gasteiger partial charge >= 0.3 is 5.97 Å². The lowest BCUT2D eigenvalue weighted by Crippen LogP contribution is -2.27. The molecule has 7 nitrogen and oxygen atoms in total. The number of hydrogen-bond donors (Lipinski definition) is 2. The highest BCUT2D eigenvalue weighted by Gasteiger charge is 2.14. The molecule has 2 aromatic rings. The van der Waals surface area contributed by atoms with E-state index in [0.717, 1.165) is 0 Å². The number of nitrogen functional groups attached to an aromatic ring is 1. The number of nitrogens with two attached hydrogens (primary N) is 1. The van der Waals surface area contributed by atoms with Crippen LogP contribution in [0.3, 0.4) is 0 Å². The van der Waals surface area contributed by atoms with E-state index in [4.69, 9.17) is 10.5 Å². The number of aromatic nitrogens is 2. The maximum absolute atomic E-state index is 12.6. The molecule has 0 bridgehead atoms. The molecule has 0 aliphatic heterocycles. The Morgan fingerprint density at radius 2 is 2.08 bits per heavy atom. The Balaban J connectivity index is 2.61. The van der Waals surface area contributed by atoms with E-state index in [1.54, 1.807) is 22.9 Å². The van der Waals surface area contributed by atoms with Crippen LogP contribution < -0.4 is 16.6 Å². The molecule has 0 amide bonds. The van der Waals surface area contributed by atoms with Crippen LogP contribution in [0.15, 0.2) is 29.2 Å². The zero-order valence-electron chi connectivity index (χ0n) is 14.3. The van der Waals surface area contributed by atoms with Crippen LogP contribution in [0.1, 0.15) is 31.1 Å². The molecule has 0 atom stereocenters. The molecule has 2 rings (SSSR count). The number of benzene rings is 1. The minimum Gasteiger partial charge on any atom is -0.465 e. The Morgan fingerprint density at radius 1 is 1.38 bits per heavy atom. The first-order valence-electron chi connectivity index (χ1n) is 7.73. The van der Waals surface area contributed by atoms with Gasteiger partial charge in [0.2, 0.25) is 0 Å². The molecular formula is C17H22N4O3. The fourth-order valence-electron chi connectivity index (χ4n) is 2.44. The number of hydrogen-bond acceptors (Lipinski definition) is 6. The van der Waals surface area contributed by atoms with Gasteiger partial charge in [-0.1, -0.05) is 0 Å². The van der Waals surface area contributed by atoms with E-state index in [-0.39, 0.29) is 11.6 Å². The summed E-state index contributed by atoms with van der Waals surface area (Å²) < 4.78 is 6.33. The molecule has 3 N–H and O–H groups in total. The number of nitrogens with one attached hydrogen (secondary N) is 1. The summed E-state index contributed by atoms with van der Waals surface area (Å²) in [4.78, 5) is 28.6. The molecule has 7 heteroatoms. The van der Waals surface area contributed by atoms with E-state index >= 15 is 0 Å². The monoisotopic (exact) mass is 330 g/mol. The topological polar surface area (TPSA) is 99.2 Å². The van der Waals surface area contributed by atoms with Gasteiger partial charge in [0.25, 0.3) is 5.56 Å². The van der Waals surface area contributed by atoms with E-state index < -0.39 is 5.97 Å². The van der Waals surface area contributed by atoms with Crippen molar-refractivity contribution in [2.45, 2.75) is 33.4 Å². The van der Waals surface area contributed by atoms with Crippen molar-refractivity contribution in [1.29, 1.82) is 0 Å². The average molecular weight is 330 g/mol. The van der Waals surface area contributed by atoms with E-state index in [0.29, 0.717) is 34.9 Å². The molecule has 128 valence electrons. The van der Waals surface area contributed by atoms with Crippen molar-refractivity contribution in [3.05, 3.63) is 40.3 Å². The minimum atomic E-state index is -0.486. The molecule has 0 fully saturated rings. The summed E-state index contributed by atoms with van der Waals surface area (Å²) in [6.45, 7) is 6.21. The molecule has 0 unspecified atom stereocenters. The number of nitrogens with zero attached hydrogens (tertiary/aromatic N) is 2. The molecule has 1 aromatic heterocycles. The van der Waals surface area contributed by atoms with Crippen LogP contribution in [0.25, 0.3) is 11.3 Å². The number of rotatable bonds is 5. The standard InChI is InChI=1S/C17H22N4O3/c1-5-21-14(9-19-15(16(21)22)20-10(2)3)11-6-12(17(23)24-4)8-13(18)7-11/h6-10H,5,18H2,1-4H3,(H,19,20). The van der Waals surface area contributed by atoms with Gasteiger partial charge in [0.05, 0.1) is 24.6 Å². The van der Waals surface area contributed by atoms with E-state index in [2.05, 4.69) is 10.3 Å². The van der Waals surface area contributed by atoms with Crippen LogP contribution >= 0.6 is 0 Å². The largest absolute Gasteiger partial charge is 0.465 e. The zero-order chi connectivity index (χ0) is 17.9. The molecule has 0 saturated heterocycles. The normalized spacial score (nSPS) is 10.7. The quantitative estimate of drug-likeness (QED) is 0.643. The first-order chi connectivity index (χ1) is 11.4. The number of carbonyl (C=O) groups excluding carboxylic acids is 1. The third-order valence-corrected chi connectivity index (χ3v) is 3.47. The highest BCUT2D eigenvalue weighted by Crippen LogP contribution is 2.23. The number of carbonyl (C=O) groups is 1. The highest BCUT2D eigenvalue weighted by molar-refractivity contribution is 5.92. The Bertz CT molecular complexity index is 812. The van der Waals surface area contributed by atoms with Crippen molar-refractivity contribution in [2.75, 3.05) is 18.2 Å². The van der Waals surface area contributed by atoms with Crippen molar-refractivity contribution in [1.82, 2.24) is 9.55 Å². The maximum atomic E-state index is 12.6. The SMILES string of the molecule is CCn1c(-c2cc(N)cc(C(=O)OC)c2)cnc(NC(C)C)c1=O. The van der Waals surface area contributed by atoms with E-state index in [1.165, 1.54) is 13.2 Å². The first-order valence-corrected chi connectivity index (χ1v) is 7.73. The second-order valence-electron chi connectivity index (χ2n) is 5.68. The summed E-state index contributed by atoms with van der Waals surface area (Å²) in [5.41, 5.74) is 7.63. The van der Waals surface area contributed by atoms with Crippen LogP contribution in [-0.4, -0.2) is 28.7 Å². The van der Waals surface area contributed by atoms with Gasteiger partial charge in [-0.15, -0.1) is 0 Å². The Kier molecular flexibility index (Phi) is 5.23. The molecule has 0 aliphatic rings. The van der Waals surface area contributed by atoms with Crippen molar-refractivity contribution in [2.24, 2.45) is 0 Å². The van der Waals surface area contributed by atoms with Gasteiger partial charge in [-0.2, -0.15) is 0 Å². The number of ether oxygens (including phenoxy) is 1. The summed E-state index contributed by atoms with van der Waals surface area (Å²) in [5, 5.41) is 3.03. The van der Waals surface area contributed by atoms with Crippen LogP contribution in [-0.2, 0) is 11.3 Å². The molecule has 1 heterocycles. The van der Waals surface area contributed by atoms with Crippen molar-refractivity contribution >= 4 is 17.5 Å². The van der Waals surface area contributed by atoms with Gasteiger partial charge in [-0.05, 0) is 39.0 Å². The molecule has 1 aromatic carbocycles. The van der Waals surface area contributed by atoms with E-state index in [1.807, 2.05) is 20.8 Å². The number of methoxy groups -OCH3 is 1. The second kappa shape index (κ2) is 7.16. The number of esters is 1. The van der Waals surface area contributed by atoms with Crippen molar-refractivity contribution in [3.63, 3.8) is 0 Å². The van der Waals surface area contributed by atoms with Crippen LogP contribution in [0, 0.1) is 0 Å². The predicted octanol–water partition coefficient (Wildman–Crippen LogP) is 2.12. The average Bonchev–Trinajstić information content (AvgIpc) is 2.54. The molecule has 0 aliphatic carbocycles. The van der Waals surface area contributed by atoms with Crippen LogP contribution in [0.2, 0.25) is 0 Å². The molecule has 0 radical (unpaired) electrons. The summed E-state index contributed by atoms with van der Waals surface area (Å²) >= 11 is 0. The van der Waals surface area contributed by atoms with Crippen molar-refractivity contribution < 1.29 is 9.53 Å². The van der Waals surface area contributed by atoms with E-state index in [9.17, 15) is 9.59 Å². The maximum Gasteiger partial charge on any atom is 0.337 e. The molecule has 0 spiro atoms. The summed E-state index contributed by atoms with van der Waals surface area (Å²) in [6.07, 6.45) is 1.60. The lowest BCUT2D eigenvalue weighted by atomic mass is 10.1. The van der Waals surface area contributed by atoms with Gasteiger partial charge in [0.15, 0.2) is 5.82 Å². The molecule has 24 heavy (non-hydrogen) atoms. The predicted molar refractivity (Wildman–Crippen MR) is 94.1 cm³/mol. The highest BCUT2D eigenvalue weighted by atomic mass is 16.5. The third-order valence-electron chi connectivity index (χ3n) is 3.47. The first kappa shape index (κ1) is 17.5. The fraction of sp³-hybridized carbons (Fsp3) is 0.353. The number of anilines is 2. The third kappa shape index (κ3) is 3.56. The minimum absolute atomic E-state index is 0.0969. The molecule has 0 saturated carbocycles. The lowest BCUT2D eigenvalue weighted by Gasteiger charge is -2.15. The van der Waals surface area contributed by atoms with Gasteiger partial charge in [-0.3, -0.25) is 4.79 Å². The van der Waals surface area contributed by atoms with Crippen LogP contribution in [0.5, 0.6) is 0 Å². The lowest BCUT2D eigenvalue weighted by molar-refractivity contribution is 0.0601. The Hall–Kier alpha value is -2.83. The summed E-state index contributed by atoms with van der Waals surface area (Å²) in [7, 11) is 1.31. The fourth-order valence-corrected chi connectivity index (χ4v) is 2.44. The van der Waals surface area contributed by atoms with Gasteiger partial charge < -0.3 is 20.4 Å². The zero-order valence-corrected chi connectivity index (χ0v) is 14.3. The van der Waals surface area contributed by atoms with Crippen molar-refractivity contribution in [3.8, 4) is 11.3 Å². The van der Waals surface area contributed by atoms with Gasteiger partial charge in [0, 0.05) is 23.8 Å². The second-order valence-corrected chi connectivity index (χ2v) is 5.68. The van der Waals surface area contributed by atoms with Gasteiger partial charge in [-0.25, -0.2) is 9.78 Å². The Morgan fingerprint density at radius 3 is 2.67 bits per heavy atom. The molecular weight excluding hydrogens is 308 g/mol. The van der Waals surface area contributed by atoms with Crippen LogP contribution in [0.4, 0.5) is 11.5 Å². The smallest absolute Gasteiger partial charge is 0.337 e. The Labute approximate surface area is 140 Å². The summed E-state index contributed by atoms with van der Waals surface area (Å²) in [6, 6.07) is 4.97. The van der Waals surface area contributed by atoms with Gasteiger partial charge in [0.1, 0.15) is 0 Å². The summed E-state index contributed by atoms with van der Waals surface area (Å²) in [5.74, 6) is -0.187.